The smallest absolute Gasteiger partial charge is 0.258 e. The average molecular weight is 466 g/mol. The maximum Gasteiger partial charge on any atom is 0.258 e. The SMILES string of the molecule is CC(C)c1cc(C(=O)N2Cc3ccc(N4CCC(N5CCOCC5)CC4)cc3C2)c(O)cc1O. The van der Waals surface area contributed by atoms with Gasteiger partial charge in [-0.25, -0.2) is 0 Å². The van der Waals surface area contributed by atoms with Crippen molar-refractivity contribution >= 4 is 11.6 Å². The van der Waals surface area contributed by atoms with Gasteiger partial charge in [-0.3, -0.25) is 9.69 Å². The highest BCUT2D eigenvalue weighted by molar-refractivity contribution is 5.97. The number of carbonyl (C=O) groups excluding carboxylic acids is 1. The van der Waals surface area contributed by atoms with Crippen LogP contribution in [0.5, 0.6) is 11.5 Å². The molecule has 7 heteroatoms. The highest BCUT2D eigenvalue weighted by Crippen LogP contribution is 2.35. The Bertz CT molecular complexity index is 1060. The molecule has 2 saturated heterocycles. The lowest BCUT2D eigenvalue weighted by molar-refractivity contribution is 0.0115. The molecule has 0 spiro atoms. The Balaban J connectivity index is 1.25. The summed E-state index contributed by atoms with van der Waals surface area (Å²) in [4.78, 5) is 20.1. The molecule has 2 fully saturated rings. The van der Waals surface area contributed by atoms with E-state index in [1.54, 1.807) is 11.0 Å². The lowest BCUT2D eigenvalue weighted by Gasteiger charge is -2.40. The van der Waals surface area contributed by atoms with Crippen LogP contribution >= 0.6 is 0 Å². The number of fused-ring (bicyclic) bond motifs is 1. The van der Waals surface area contributed by atoms with Gasteiger partial charge in [0.15, 0.2) is 0 Å². The van der Waals surface area contributed by atoms with E-state index < -0.39 is 0 Å². The molecule has 2 aromatic rings. The molecular weight excluding hydrogens is 430 g/mol. The number of nitrogens with zero attached hydrogens (tertiary/aromatic N) is 3. The summed E-state index contributed by atoms with van der Waals surface area (Å²) >= 11 is 0. The summed E-state index contributed by atoms with van der Waals surface area (Å²) in [6.07, 6.45) is 2.33. The van der Waals surface area contributed by atoms with Crippen LogP contribution in [0.2, 0.25) is 0 Å². The number of aromatic hydroxyl groups is 2. The van der Waals surface area contributed by atoms with Crippen LogP contribution in [0.25, 0.3) is 0 Å². The van der Waals surface area contributed by atoms with Crippen LogP contribution in [0, 0.1) is 0 Å². The number of piperidine rings is 1. The Hall–Kier alpha value is -2.77. The number of carbonyl (C=O) groups is 1. The minimum Gasteiger partial charge on any atom is -0.508 e. The normalized spacial score (nSPS) is 19.6. The number of hydrogen-bond acceptors (Lipinski definition) is 6. The van der Waals surface area contributed by atoms with Gasteiger partial charge in [-0.15, -0.1) is 0 Å². The molecule has 34 heavy (non-hydrogen) atoms. The van der Waals surface area contributed by atoms with E-state index in [1.165, 1.54) is 30.2 Å². The molecule has 0 atom stereocenters. The number of rotatable bonds is 4. The molecule has 0 radical (unpaired) electrons. The van der Waals surface area contributed by atoms with E-state index in [1.807, 2.05) is 13.8 Å². The molecule has 3 heterocycles. The summed E-state index contributed by atoms with van der Waals surface area (Å²) in [6.45, 7) is 10.8. The van der Waals surface area contributed by atoms with Gasteiger partial charge in [0, 0.05) is 57.1 Å². The molecular formula is C27H35N3O4. The number of amides is 1. The first-order valence-electron chi connectivity index (χ1n) is 12.4. The van der Waals surface area contributed by atoms with Gasteiger partial charge in [-0.05, 0) is 53.6 Å². The van der Waals surface area contributed by atoms with Crippen LogP contribution in [0.15, 0.2) is 30.3 Å². The third-order valence-corrected chi connectivity index (χ3v) is 7.59. The molecule has 5 rings (SSSR count). The Labute approximate surface area is 201 Å². The average Bonchev–Trinajstić information content (AvgIpc) is 3.28. The fourth-order valence-electron chi connectivity index (χ4n) is 5.55. The van der Waals surface area contributed by atoms with E-state index in [-0.39, 0.29) is 28.9 Å². The zero-order chi connectivity index (χ0) is 23.8. The van der Waals surface area contributed by atoms with Crippen molar-refractivity contribution in [2.24, 2.45) is 0 Å². The molecule has 0 saturated carbocycles. The Morgan fingerprint density at radius 2 is 1.65 bits per heavy atom. The first kappa shape index (κ1) is 23.0. The molecule has 7 nitrogen and oxygen atoms in total. The minimum atomic E-state index is -0.205. The standard InChI is InChI=1S/C27H35N3O4/c1-18(2)23-14-24(26(32)15-25(23)31)27(33)30-16-19-3-4-22(13-20(19)17-30)28-7-5-21(6-8-28)29-9-11-34-12-10-29/h3-4,13-15,18,21,31-32H,5-12,16-17H2,1-2H3. The summed E-state index contributed by atoms with van der Waals surface area (Å²) in [5.74, 6) is -0.302. The Kier molecular flexibility index (Phi) is 6.40. The predicted octanol–water partition coefficient (Wildman–Crippen LogP) is 3.68. The van der Waals surface area contributed by atoms with Gasteiger partial charge in [0.1, 0.15) is 11.5 Å². The first-order valence-corrected chi connectivity index (χ1v) is 12.4. The van der Waals surface area contributed by atoms with Crippen molar-refractivity contribution in [2.45, 2.75) is 51.7 Å². The van der Waals surface area contributed by atoms with Crippen molar-refractivity contribution in [1.82, 2.24) is 9.80 Å². The largest absolute Gasteiger partial charge is 0.508 e. The lowest BCUT2D eigenvalue weighted by Crippen LogP contribution is -2.49. The lowest BCUT2D eigenvalue weighted by atomic mass is 9.98. The molecule has 0 unspecified atom stereocenters. The Morgan fingerprint density at radius 1 is 0.941 bits per heavy atom. The van der Waals surface area contributed by atoms with Crippen LogP contribution in [-0.2, 0) is 17.8 Å². The van der Waals surface area contributed by atoms with Crippen LogP contribution in [0.4, 0.5) is 5.69 Å². The van der Waals surface area contributed by atoms with E-state index in [0.717, 1.165) is 45.0 Å². The monoisotopic (exact) mass is 465 g/mol. The quantitative estimate of drug-likeness (QED) is 0.718. The van der Waals surface area contributed by atoms with Crippen molar-refractivity contribution < 1.29 is 19.7 Å². The van der Waals surface area contributed by atoms with Gasteiger partial charge < -0.3 is 24.7 Å². The van der Waals surface area contributed by atoms with Gasteiger partial charge in [-0.1, -0.05) is 19.9 Å². The van der Waals surface area contributed by atoms with E-state index in [2.05, 4.69) is 28.0 Å². The molecule has 3 aliphatic rings. The zero-order valence-corrected chi connectivity index (χ0v) is 20.2. The highest BCUT2D eigenvalue weighted by atomic mass is 16.5. The summed E-state index contributed by atoms with van der Waals surface area (Å²) in [7, 11) is 0. The summed E-state index contributed by atoms with van der Waals surface area (Å²) in [5.41, 5.74) is 4.47. The third-order valence-electron chi connectivity index (χ3n) is 7.59. The second kappa shape index (κ2) is 9.47. The van der Waals surface area contributed by atoms with Crippen LogP contribution in [0.3, 0.4) is 0 Å². The molecule has 0 aliphatic carbocycles. The highest BCUT2D eigenvalue weighted by Gasteiger charge is 2.29. The second-order valence-electron chi connectivity index (χ2n) is 10.1. The number of anilines is 1. The Morgan fingerprint density at radius 3 is 2.35 bits per heavy atom. The van der Waals surface area contributed by atoms with E-state index in [4.69, 9.17) is 4.74 Å². The maximum atomic E-state index is 13.3. The third kappa shape index (κ3) is 4.46. The molecule has 2 aromatic carbocycles. The second-order valence-corrected chi connectivity index (χ2v) is 10.1. The van der Waals surface area contributed by atoms with Crippen LogP contribution in [0.1, 0.15) is 59.7 Å². The van der Waals surface area contributed by atoms with Gasteiger partial charge in [0.05, 0.1) is 18.8 Å². The molecule has 0 bridgehead atoms. The van der Waals surface area contributed by atoms with Crippen molar-refractivity contribution in [3.63, 3.8) is 0 Å². The molecule has 182 valence electrons. The summed E-state index contributed by atoms with van der Waals surface area (Å²) in [5, 5.41) is 20.5. The molecule has 3 aliphatic heterocycles. The van der Waals surface area contributed by atoms with Crippen molar-refractivity contribution in [2.75, 3.05) is 44.3 Å². The van der Waals surface area contributed by atoms with Gasteiger partial charge >= 0.3 is 0 Å². The summed E-state index contributed by atoms with van der Waals surface area (Å²) in [6, 6.07) is 10.1. The predicted molar refractivity (Wildman–Crippen MR) is 132 cm³/mol. The zero-order valence-electron chi connectivity index (χ0n) is 20.2. The first-order chi connectivity index (χ1) is 16.4. The van der Waals surface area contributed by atoms with Crippen molar-refractivity contribution in [1.29, 1.82) is 0 Å². The van der Waals surface area contributed by atoms with Crippen molar-refractivity contribution in [3.8, 4) is 11.5 Å². The number of morpholine rings is 1. The maximum absolute atomic E-state index is 13.3. The van der Waals surface area contributed by atoms with E-state index >= 15 is 0 Å². The van der Waals surface area contributed by atoms with E-state index in [0.29, 0.717) is 24.7 Å². The van der Waals surface area contributed by atoms with Crippen molar-refractivity contribution in [3.05, 3.63) is 52.6 Å². The fourth-order valence-corrected chi connectivity index (χ4v) is 5.55. The number of ether oxygens (including phenoxy) is 1. The topological polar surface area (TPSA) is 76.5 Å². The van der Waals surface area contributed by atoms with Crippen LogP contribution < -0.4 is 4.90 Å². The number of hydrogen-bond donors (Lipinski definition) is 2. The minimum absolute atomic E-state index is 0.0239. The van der Waals surface area contributed by atoms with Gasteiger partial charge in [0.2, 0.25) is 0 Å². The van der Waals surface area contributed by atoms with E-state index in [9.17, 15) is 15.0 Å². The summed E-state index contributed by atoms with van der Waals surface area (Å²) < 4.78 is 5.50. The molecule has 1 amide bonds. The molecule has 0 aromatic heterocycles. The van der Waals surface area contributed by atoms with Gasteiger partial charge in [-0.2, -0.15) is 0 Å². The fraction of sp³-hybridized carbons (Fsp3) is 0.519. The number of phenolic OH excluding ortho intramolecular Hbond substituents is 2. The molecule has 2 N–H and O–H groups in total. The number of phenols is 2. The van der Waals surface area contributed by atoms with Crippen LogP contribution in [-0.4, -0.2) is 71.4 Å². The number of benzene rings is 2. The van der Waals surface area contributed by atoms with Gasteiger partial charge in [0.25, 0.3) is 5.91 Å².